The number of nitrogens with zero attached hydrogens (tertiary/aromatic N) is 4. The zero-order chi connectivity index (χ0) is 15.7. The predicted molar refractivity (Wildman–Crippen MR) is 77.8 cm³/mol. The van der Waals surface area contributed by atoms with Crippen LogP contribution in [0.2, 0.25) is 0 Å². The average Bonchev–Trinajstić information content (AvgIpc) is 3.15. The molecule has 0 aromatic carbocycles. The van der Waals surface area contributed by atoms with Crippen molar-refractivity contribution in [3.8, 4) is 0 Å². The first-order valence-electron chi connectivity index (χ1n) is 7.10. The van der Waals surface area contributed by atoms with Gasteiger partial charge in [0.1, 0.15) is 11.9 Å². The molecule has 8 nitrogen and oxygen atoms in total. The number of piperidine rings is 1. The molecule has 8 heteroatoms. The van der Waals surface area contributed by atoms with Crippen LogP contribution >= 0.6 is 0 Å². The molecule has 0 bridgehead atoms. The highest BCUT2D eigenvalue weighted by molar-refractivity contribution is 5.94. The van der Waals surface area contributed by atoms with Gasteiger partial charge in [0, 0.05) is 39.1 Å². The summed E-state index contributed by atoms with van der Waals surface area (Å²) in [5.41, 5.74) is 0.471. The third kappa shape index (κ3) is 2.47. The van der Waals surface area contributed by atoms with E-state index in [4.69, 9.17) is 0 Å². The zero-order valence-corrected chi connectivity index (χ0v) is 12.5. The monoisotopic (exact) mass is 302 g/mol. The number of aromatic nitrogens is 4. The largest absolute Gasteiger partial charge is 0.347 e. The maximum absolute atomic E-state index is 12.3. The van der Waals surface area contributed by atoms with Crippen LogP contribution in [-0.4, -0.2) is 49.6 Å². The Balaban J connectivity index is 1.86. The minimum Gasteiger partial charge on any atom is -0.347 e. The lowest BCUT2D eigenvalue weighted by Gasteiger charge is -2.38. The Bertz CT molecular complexity index is 677. The summed E-state index contributed by atoms with van der Waals surface area (Å²) in [6.07, 6.45) is 7.54. The highest BCUT2D eigenvalue weighted by Crippen LogP contribution is 2.29. The van der Waals surface area contributed by atoms with E-state index in [2.05, 4.69) is 20.5 Å². The molecule has 3 rings (SSSR count). The van der Waals surface area contributed by atoms with E-state index >= 15 is 0 Å². The summed E-state index contributed by atoms with van der Waals surface area (Å²) in [7, 11) is 3.63. The van der Waals surface area contributed by atoms with Crippen LogP contribution < -0.4 is 5.32 Å². The van der Waals surface area contributed by atoms with Gasteiger partial charge >= 0.3 is 0 Å². The van der Waals surface area contributed by atoms with Gasteiger partial charge in [-0.25, -0.2) is 4.98 Å². The molecule has 0 saturated carbocycles. The molecule has 1 fully saturated rings. The molecule has 2 atom stereocenters. The molecule has 0 unspecified atom stereocenters. The Morgan fingerprint density at radius 1 is 1.45 bits per heavy atom. The van der Waals surface area contributed by atoms with Crippen LogP contribution in [-0.2, 0) is 11.8 Å². The van der Waals surface area contributed by atoms with E-state index < -0.39 is 0 Å². The number of likely N-dealkylation sites (tertiary alicyclic amines) is 1. The number of aromatic amines is 1. The standard InChI is InChI=1S/C14H18N6O2/c1-19-6-5-15-13(19)12-10(3-4-11(21)20(12)2)18-14(22)9-7-16-17-8-9/h5-8,10,12H,3-4H2,1-2H3,(H,16,17)(H,18,22)/t10-,12-/m1/s1. The second-order valence-electron chi connectivity index (χ2n) is 5.45. The van der Waals surface area contributed by atoms with E-state index in [-0.39, 0.29) is 23.9 Å². The molecule has 1 aliphatic heterocycles. The maximum Gasteiger partial charge on any atom is 0.254 e. The first kappa shape index (κ1) is 14.3. The molecule has 1 aliphatic rings. The molecular weight excluding hydrogens is 284 g/mol. The molecule has 0 aliphatic carbocycles. The number of carbonyl (C=O) groups is 2. The van der Waals surface area contributed by atoms with Crippen LogP contribution in [0.15, 0.2) is 24.8 Å². The first-order valence-corrected chi connectivity index (χ1v) is 7.10. The van der Waals surface area contributed by atoms with Crippen molar-refractivity contribution >= 4 is 11.8 Å². The fourth-order valence-electron chi connectivity index (χ4n) is 2.83. The minimum absolute atomic E-state index is 0.0572. The lowest BCUT2D eigenvalue weighted by Crippen LogP contribution is -2.51. The Morgan fingerprint density at radius 2 is 2.27 bits per heavy atom. The summed E-state index contributed by atoms with van der Waals surface area (Å²) >= 11 is 0. The quantitative estimate of drug-likeness (QED) is 0.848. The van der Waals surface area contributed by atoms with Gasteiger partial charge < -0.3 is 14.8 Å². The van der Waals surface area contributed by atoms with Crippen LogP contribution in [0.4, 0.5) is 0 Å². The third-order valence-electron chi connectivity index (χ3n) is 4.06. The number of nitrogens with one attached hydrogen (secondary N) is 2. The van der Waals surface area contributed by atoms with Crippen molar-refractivity contribution in [2.75, 3.05) is 7.05 Å². The minimum atomic E-state index is -0.280. The van der Waals surface area contributed by atoms with Crippen LogP contribution in [0.3, 0.4) is 0 Å². The highest BCUT2D eigenvalue weighted by atomic mass is 16.2. The molecule has 2 amide bonds. The SMILES string of the molecule is CN1C(=O)CC[C@@H](NC(=O)c2cn[nH]c2)[C@@H]1c1nccn1C. The van der Waals surface area contributed by atoms with Crippen molar-refractivity contribution in [1.82, 2.24) is 30.0 Å². The Morgan fingerprint density at radius 3 is 2.91 bits per heavy atom. The normalized spacial score (nSPS) is 21.9. The molecule has 2 N–H and O–H groups in total. The van der Waals surface area contributed by atoms with Crippen LogP contribution in [0.25, 0.3) is 0 Å². The van der Waals surface area contributed by atoms with Crippen molar-refractivity contribution in [3.05, 3.63) is 36.2 Å². The van der Waals surface area contributed by atoms with Gasteiger partial charge in [-0.3, -0.25) is 14.7 Å². The predicted octanol–water partition coefficient (Wildman–Crippen LogP) is 0.235. The fraction of sp³-hybridized carbons (Fsp3) is 0.429. The molecule has 3 heterocycles. The smallest absolute Gasteiger partial charge is 0.254 e. The average molecular weight is 302 g/mol. The van der Waals surface area contributed by atoms with Gasteiger partial charge in [0.05, 0.1) is 17.8 Å². The summed E-state index contributed by atoms with van der Waals surface area (Å²) < 4.78 is 1.87. The van der Waals surface area contributed by atoms with Gasteiger partial charge in [0.25, 0.3) is 5.91 Å². The lowest BCUT2D eigenvalue weighted by molar-refractivity contribution is -0.136. The number of H-pyrrole nitrogens is 1. The number of imidazole rings is 1. The molecule has 22 heavy (non-hydrogen) atoms. The van der Waals surface area contributed by atoms with E-state index in [0.29, 0.717) is 18.4 Å². The van der Waals surface area contributed by atoms with Gasteiger partial charge in [-0.2, -0.15) is 5.10 Å². The molecule has 0 radical (unpaired) electrons. The topological polar surface area (TPSA) is 95.9 Å². The second kappa shape index (κ2) is 5.63. The van der Waals surface area contributed by atoms with Crippen molar-refractivity contribution in [2.24, 2.45) is 7.05 Å². The van der Waals surface area contributed by atoms with Crippen molar-refractivity contribution in [3.63, 3.8) is 0 Å². The van der Waals surface area contributed by atoms with E-state index in [9.17, 15) is 9.59 Å². The van der Waals surface area contributed by atoms with E-state index in [0.717, 1.165) is 5.82 Å². The van der Waals surface area contributed by atoms with Crippen LogP contribution in [0.5, 0.6) is 0 Å². The second-order valence-corrected chi connectivity index (χ2v) is 5.45. The van der Waals surface area contributed by atoms with Crippen LogP contribution in [0.1, 0.15) is 35.1 Å². The Kier molecular flexibility index (Phi) is 3.66. The molecule has 116 valence electrons. The number of hydrogen-bond donors (Lipinski definition) is 2. The van der Waals surface area contributed by atoms with Crippen molar-refractivity contribution < 1.29 is 9.59 Å². The molecule has 1 saturated heterocycles. The zero-order valence-electron chi connectivity index (χ0n) is 12.5. The third-order valence-corrected chi connectivity index (χ3v) is 4.06. The summed E-state index contributed by atoms with van der Waals surface area (Å²) in [6.45, 7) is 0. The van der Waals surface area contributed by atoms with Gasteiger partial charge in [-0.1, -0.05) is 0 Å². The summed E-state index contributed by atoms with van der Waals surface area (Å²) in [6, 6.07) is -0.469. The van der Waals surface area contributed by atoms with Gasteiger partial charge in [-0.05, 0) is 6.42 Å². The van der Waals surface area contributed by atoms with Crippen LogP contribution in [0, 0.1) is 0 Å². The number of carbonyl (C=O) groups excluding carboxylic acids is 2. The number of likely N-dealkylation sites (N-methyl/N-ethyl adjacent to an activating group) is 1. The first-order chi connectivity index (χ1) is 10.6. The number of hydrogen-bond acceptors (Lipinski definition) is 4. The van der Waals surface area contributed by atoms with Crippen molar-refractivity contribution in [1.29, 1.82) is 0 Å². The number of aryl methyl sites for hydroxylation is 1. The molecular formula is C14H18N6O2. The van der Waals surface area contributed by atoms with E-state index in [1.807, 2.05) is 17.8 Å². The van der Waals surface area contributed by atoms with Gasteiger partial charge in [-0.15, -0.1) is 0 Å². The summed E-state index contributed by atoms with van der Waals surface area (Å²) in [5.74, 6) is 0.607. The van der Waals surface area contributed by atoms with Crippen molar-refractivity contribution in [2.45, 2.75) is 24.9 Å². The number of rotatable bonds is 3. The Hall–Kier alpha value is -2.64. The lowest BCUT2D eigenvalue weighted by atomic mass is 9.95. The number of amides is 2. The maximum atomic E-state index is 12.3. The highest BCUT2D eigenvalue weighted by Gasteiger charge is 2.37. The molecule has 0 spiro atoms. The van der Waals surface area contributed by atoms with E-state index in [1.165, 1.54) is 6.20 Å². The fourth-order valence-corrected chi connectivity index (χ4v) is 2.83. The summed E-state index contributed by atoms with van der Waals surface area (Å²) in [4.78, 5) is 30.3. The van der Waals surface area contributed by atoms with Gasteiger partial charge in [0.2, 0.25) is 5.91 Å². The summed E-state index contributed by atoms with van der Waals surface area (Å²) in [5, 5.41) is 9.39. The molecule has 2 aromatic heterocycles. The van der Waals surface area contributed by atoms with Gasteiger partial charge in [0.15, 0.2) is 0 Å². The van der Waals surface area contributed by atoms with E-state index in [1.54, 1.807) is 24.3 Å². The molecule has 2 aromatic rings. The Labute approximate surface area is 127 Å².